The van der Waals surface area contributed by atoms with Gasteiger partial charge >= 0.3 is 0 Å². The van der Waals surface area contributed by atoms with E-state index in [4.69, 9.17) is 0 Å². The molecule has 1 heteroatoms. The molecule has 0 fully saturated rings. The van der Waals surface area contributed by atoms with Crippen molar-refractivity contribution in [1.82, 2.24) is 0 Å². The van der Waals surface area contributed by atoms with Gasteiger partial charge in [-0.2, -0.15) is 0 Å². The van der Waals surface area contributed by atoms with Crippen LogP contribution in [0.1, 0.15) is 74.6 Å². The normalized spacial score (nSPS) is 10.8. The van der Waals surface area contributed by atoms with E-state index in [1.165, 1.54) is 49.7 Å². The van der Waals surface area contributed by atoms with Crippen LogP contribution in [0.25, 0.3) is 21.9 Å². The smallest absolute Gasteiger partial charge is 0.138 e. The molecule has 0 aliphatic carbocycles. The van der Waals surface area contributed by atoms with Gasteiger partial charge in [-0.25, -0.2) is 4.39 Å². The minimum absolute atomic E-state index is 0.167. The van der Waals surface area contributed by atoms with Crippen LogP contribution in [0, 0.1) is 17.7 Å². The Labute approximate surface area is 210 Å². The number of benzene rings is 4. The molecule has 0 N–H and O–H groups in total. The van der Waals surface area contributed by atoms with Crippen molar-refractivity contribution >= 4 is 10.8 Å². The van der Waals surface area contributed by atoms with E-state index in [1.807, 2.05) is 42.5 Å². The third-order valence-electron chi connectivity index (χ3n) is 6.66. The number of fused-ring (bicyclic) bond motifs is 1. The fraction of sp³-hybridized carbons (Fsp3) is 0.294. The summed E-state index contributed by atoms with van der Waals surface area (Å²) in [6, 6.07) is 26.5. The van der Waals surface area contributed by atoms with Crippen LogP contribution in [0.4, 0.5) is 4.39 Å². The summed E-state index contributed by atoms with van der Waals surface area (Å²) in [5.41, 5.74) is 6.16. The van der Waals surface area contributed by atoms with Crippen molar-refractivity contribution < 1.29 is 4.39 Å². The molecule has 0 nitrogen and oxygen atoms in total. The second-order valence-corrected chi connectivity index (χ2v) is 9.42. The third kappa shape index (κ3) is 6.61. The molecule has 0 aromatic heterocycles. The Morgan fingerprint density at radius 2 is 1.17 bits per heavy atom. The average Bonchev–Trinajstić information content (AvgIpc) is 2.89. The van der Waals surface area contributed by atoms with E-state index in [2.05, 4.69) is 62.1 Å². The maximum absolute atomic E-state index is 15.4. The van der Waals surface area contributed by atoms with E-state index >= 15 is 4.39 Å². The lowest BCUT2D eigenvalue weighted by Crippen LogP contribution is -1.90. The highest BCUT2D eigenvalue weighted by molar-refractivity contribution is 5.89. The minimum atomic E-state index is -0.167. The molecule has 35 heavy (non-hydrogen) atoms. The maximum Gasteiger partial charge on any atom is 0.138 e. The molecule has 0 amide bonds. The first-order valence-corrected chi connectivity index (χ1v) is 13.1. The van der Waals surface area contributed by atoms with E-state index in [1.54, 1.807) is 0 Å². The molecule has 4 aromatic carbocycles. The molecule has 0 unspecified atom stereocenters. The van der Waals surface area contributed by atoms with Gasteiger partial charge in [-0.15, -0.1) is 0 Å². The summed E-state index contributed by atoms with van der Waals surface area (Å²) in [7, 11) is 0. The second-order valence-electron chi connectivity index (χ2n) is 9.42. The van der Waals surface area contributed by atoms with Crippen LogP contribution in [0.2, 0.25) is 0 Å². The maximum atomic E-state index is 15.4. The van der Waals surface area contributed by atoms with Gasteiger partial charge in [0.15, 0.2) is 0 Å². The van der Waals surface area contributed by atoms with Crippen LogP contribution in [0.3, 0.4) is 0 Å². The zero-order valence-corrected chi connectivity index (χ0v) is 21.0. The summed E-state index contributed by atoms with van der Waals surface area (Å²) in [6.07, 6.45) is 9.64. The molecule has 0 radical (unpaired) electrons. The van der Waals surface area contributed by atoms with Crippen LogP contribution in [0.5, 0.6) is 0 Å². The summed E-state index contributed by atoms with van der Waals surface area (Å²) < 4.78 is 15.4. The number of hydrogen-bond donors (Lipinski definition) is 0. The fourth-order valence-electron chi connectivity index (χ4n) is 4.50. The summed E-state index contributed by atoms with van der Waals surface area (Å²) >= 11 is 0. The number of unbranched alkanes of at least 4 members (excludes halogenated alkanes) is 4. The molecule has 0 spiro atoms. The number of aryl methyl sites for hydroxylation is 2. The van der Waals surface area contributed by atoms with Crippen LogP contribution < -0.4 is 0 Å². The quantitative estimate of drug-likeness (QED) is 0.172. The van der Waals surface area contributed by atoms with Gasteiger partial charge in [-0.05, 0) is 72.0 Å². The highest BCUT2D eigenvalue weighted by atomic mass is 19.1. The highest BCUT2D eigenvalue weighted by Crippen LogP contribution is 2.30. The Morgan fingerprint density at radius 1 is 0.600 bits per heavy atom. The van der Waals surface area contributed by atoms with Crippen LogP contribution >= 0.6 is 0 Å². The van der Waals surface area contributed by atoms with E-state index < -0.39 is 0 Å². The molecule has 0 aliphatic heterocycles. The number of rotatable bonds is 9. The summed E-state index contributed by atoms with van der Waals surface area (Å²) in [4.78, 5) is 0. The van der Waals surface area contributed by atoms with E-state index in [-0.39, 0.29) is 5.82 Å². The molecule has 0 heterocycles. The Balaban J connectivity index is 1.49. The van der Waals surface area contributed by atoms with Crippen LogP contribution in [-0.4, -0.2) is 0 Å². The predicted octanol–water partition coefficient (Wildman–Crippen LogP) is 9.51. The molecule has 0 saturated heterocycles. The van der Waals surface area contributed by atoms with Crippen molar-refractivity contribution in [3.05, 3.63) is 107 Å². The summed E-state index contributed by atoms with van der Waals surface area (Å²) in [5.74, 6) is 6.33. The van der Waals surface area contributed by atoms with E-state index in [0.717, 1.165) is 34.9 Å². The molecule has 0 bridgehead atoms. The lowest BCUT2D eigenvalue weighted by Gasteiger charge is -2.09. The Bertz CT molecular complexity index is 1300. The van der Waals surface area contributed by atoms with Crippen LogP contribution in [-0.2, 0) is 12.8 Å². The van der Waals surface area contributed by atoms with Crippen molar-refractivity contribution in [2.75, 3.05) is 0 Å². The van der Waals surface area contributed by atoms with Gasteiger partial charge in [0.05, 0.1) is 0 Å². The summed E-state index contributed by atoms with van der Waals surface area (Å²) in [5, 5.41) is 1.51. The first-order chi connectivity index (χ1) is 17.2. The van der Waals surface area contributed by atoms with Crippen molar-refractivity contribution in [2.45, 2.75) is 65.2 Å². The van der Waals surface area contributed by atoms with Crippen molar-refractivity contribution in [3.8, 4) is 23.0 Å². The Morgan fingerprint density at radius 3 is 1.80 bits per heavy atom. The first-order valence-electron chi connectivity index (χ1n) is 13.1. The topological polar surface area (TPSA) is 0 Å². The fourth-order valence-corrected chi connectivity index (χ4v) is 4.50. The van der Waals surface area contributed by atoms with Gasteiger partial charge in [-0.1, -0.05) is 106 Å². The largest absolute Gasteiger partial charge is 0.206 e. The van der Waals surface area contributed by atoms with Gasteiger partial charge in [-0.3, -0.25) is 0 Å². The predicted molar refractivity (Wildman–Crippen MR) is 148 cm³/mol. The van der Waals surface area contributed by atoms with Gasteiger partial charge in [0.1, 0.15) is 5.82 Å². The van der Waals surface area contributed by atoms with Gasteiger partial charge < -0.3 is 0 Å². The SMILES string of the molecule is CCCCCc1ccc(C#Cc2ccc3c(F)c(-c4ccc(CCCCC)cc4)ccc3c2)cc1. The minimum Gasteiger partial charge on any atom is -0.206 e. The van der Waals surface area contributed by atoms with Gasteiger partial charge in [0, 0.05) is 22.1 Å². The first kappa shape index (κ1) is 24.7. The van der Waals surface area contributed by atoms with E-state index in [0.29, 0.717) is 10.9 Å². The van der Waals surface area contributed by atoms with Crippen molar-refractivity contribution in [2.24, 2.45) is 0 Å². The molecule has 0 aliphatic rings. The lowest BCUT2D eigenvalue weighted by atomic mass is 9.97. The molecule has 0 saturated carbocycles. The number of halogens is 1. The molecule has 0 atom stereocenters. The van der Waals surface area contributed by atoms with Gasteiger partial charge in [0.2, 0.25) is 0 Å². The Kier molecular flexibility index (Phi) is 8.74. The zero-order valence-electron chi connectivity index (χ0n) is 21.0. The second kappa shape index (κ2) is 12.4. The van der Waals surface area contributed by atoms with E-state index in [9.17, 15) is 0 Å². The van der Waals surface area contributed by atoms with Crippen LogP contribution in [0.15, 0.2) is 78.9 Å². The molecular weight excluding hydrogens is 427 g/mol. The third-order valence-corrected chi connectivity index (χ3v) is 6.66. The monoisotopic (exact) mass is 462 g/mol. The van der Waals surface area contributed by atoms with Gasteiger partial charge in [0.25, 0.3) is 0 Å². The molecular formula is C34H35F. The summed E-state index contributed by atoms with van der Waals surface area (Å²) in [6.45, 7) is 4.45. The number of hydrogen-bond acceptors (Lipinski definition) is 0. The van der Waals surface area contributed by atoms with Crippen molar-refractivity contribution in [1.29, 1.82) is 0 Å². The lowest BCUT2D eigenvalue weighted by molar-refractivity contribution is 0.643. The highest BCUT2D eigenvalue weighted by Gasteiger charge is 2.10. The average molecular weight is 463 g/mol. The standard InChI is InChI=1S/C34H35F/c1-3-5-7-9-26-11-13-28(14-12-26)15-16-29-19-23-33-31(25-29)22-24-32(34(33)35)30-20-17-27(18-21-30)10-8-6-4-2/h11-14,17-25H,3-10H2,1-2H3. The van der Waals surface area contributed by atoms with Crippen molar-refractivity contribution in [3.63, 3.8) is 0 Å². The zero-order chi connectivity index (χ0) is 24.5. The molecule has 4 rings (SSSR count). The Hall–Kier alpha value is -3.37. The molecule has 178 valence electrons. The molecule has 4 aromatic rings.